The third kappa shape index (κ3) is 3.87. The standard InChI is InChI=1S/C20H23BBrNO3/c1-19(2)20(3,4)26-21(25-19)17-12-15(22)10-11-16(17)18(24)23-13-14-8-6-5-7-9-14/h5-12H,13H2,1-4H3,(H,23,24). The molecule has 4 nitrogen and oxygen atoms in total. The van der Waals surface area contributed by atoms with Crippen LogP contribution in [0.25, 0.3) is 0 Å². The maximum absolute atomic E-state index is 12.8. The molecule has 0 bridgehead atoms. The smallest absolute Gasteiger partial charge is 0.399 e. The minimum atomic E-state index is -0.588. The Balaban J connectivity index is 1.83. The molecule has 0 saturated carbocycles. The van der Waals surface area contributed by atoms with Crippen LogP contribution >= 0.6 is 15.9 Å². The highest BCUT2D eigenvalue weighted by molar-refractivity contribution is 9.10. The molecule has 0 unspecified atom stereocenters. The number of carbonyl (C=O) groups excluding carboxylic acids is 1. The monoisotopic (exact) mass is 415 g/mol. The number of benzene rings is 2. The molecule has 1 amide bonds. The van der Waals surface area contributed by atoms with Gasteiger partial charge in [0.25, 0.3) is 5.91 Å². The molecule has 3 rings (SSSR count). The van der Waals surface area contributed by atoms with Gasteiger partial charge in [-0.25, -0.2) is 0 Å². The molecular weight excluding hydrogens is 393 g/mol. The Bertz CT molecular complexity index is 792. The zero-order valence-electron chi connectivity index (χ0n) is 15.5. The molecule has 0 radical (unpaired) electrons. The van der Waals surface area contributed by atoms with E-state index in [1.54, 1.807) is 6.07 Å². The number of hydrogen-bond donors (Lipinski definition) is 1. The molecule has 0 atom stereocenters. The molecule has 2 aromatic rings. The Morgan fingerprint density at radius 3 is 2.27 bits per heavy atom. The maximum atomic E-state index is 12.8. The van der Waals surface area contributed by atoms with Crippen molar-refractivity contribution < 1.29 is 14.1 Å². The molecule has 0 aliphatic carbocycles. The first kappa shape index (κ1) is 19.1. The summed E-state index contributed by atoms with van der Waals surface area (Å²) in [7, 11) is -0.588. The van der Waals surface area contributed by atoms with E-state index in [9.17, 15) is 4.79 Å². The van der Waals surface area contributed by atoms with Crippen molar-refractivity contribution in [2.24, 2.45) is 0 Å². The number of amides is 1. The van der Waals surface area contributed by atoms with Gasteiger partial charge in [-0.2, -0.15) is 0 Å². The van der Waals surface area contributed by atoms with Gasteiger partial charge in [0.2, 0.25) is 0 Å². The lowest BCUT2D eigenvalue weighted by molar-refractivity contribution is 0.00578. The van der Waals surface area contributed by atoms with Gasteiger partial charge in [-0.15, -0.1) is 0 Å². The summed E-state index contributed by atoms with van der Waals surface area (Å²) in [5, 5.41) is 2.97. The van der Waals surface area contributed by atoms with Gasteiger partial charge in [-0.3, -0.25) is 4.79 Å². The van der Waals surface area contributed by atoms with Gasteiger partial charge in [-0.1, -0.05) is 46.3 Å². The van der Waals surface area contributed by atoms with E-state index in [4.69, 9.17) is 9.31 Å². The average molecular weight is 416 g/mol. The highest BCUT2D eigenvalue weighted by Crippen LogP contribution is 2.36. The molecule has 136 valence electrons. The number of hydrogen-bond acceptors (Lipinski definition) is 3. The number of rotatable bonds is 4. The van der Waals surface area contributed by atoms with Crippen molar-refractivity contribution in [3.05, 3.63) is 64.1 Å². The minimum Gasteiger partial charge on any atom is -0.399 e. The van der Waals surface area contributed by atoms with Crippen molar-refractivity contribution in [3.8, 4) is 0 Å². The second-order valence-electron chi connectivity index (χ2n) is 7.49. The van der Waals surface area contributed by atoms with Crippen molar-refractivity contribution >= 4 is 34.4 Å². The summed E-state index contributed by atoms with van der Waals surface area (Å²) >= 11 is 3.48. The predicted octanol–water partition coefficient (Wildman–Crippen LogP) is 3.68. The minimum absolute atomic E-state index is 0.147. The van der Waals surface area contributed by atoms with E-state index in [-0.39, 0.29) is 5.91 Å². The van der Waals surface area contributed by atoms with Gasteiger partial charge >= 0.3 is 7.12 Å². The highest BCUT2D eigenvalue weighted by atomic mass is 79.9. The van der Waals surface area contributed by atoms with Crippen LogP contribution in [-0.2, 0) is 15.9 Å². The third-order valence-corrected chi connectivity index (χ3v) is 5.55. The summed E-state index contributed by atoms with van der Waals surface area (Å²) in [5.41, 5.74) is 1.41. The molecule has 1 heterocycles. The summed E-state index contributed by atoms with van der Waals surface area (Å²) in [6.45, 7) is 8.47. The molecule has 0 aromatic heterocycles. The van der Waals surface area contributed by atoms with Crippen molar-refractivity contribution in [1.82, 2.24) is 5.32 Å². The summed E-state index contributed by atoms with van der Waals surface area (Å²) in [6.07, 6.45) is 0. The first-order chi connectivity index (χ1) is 12.2. The van der Waals surface area contributed by atoms with Gasteiger partial charge in [0.05, 0.1) is 11.2 Å². The molecule has 26 heavy (non-hydrogen) atoms. The fraction of sp³-hybridized carbons (Fsp3) is 0.350. The number of nitrogens with one attached hydrogen (secondary N) is 1. The third-order valence-electron chi connectivity index (χ3n) is 5.06. The largest absolute Gasteiger partial charge is 0.495 e. The Morgan fingerprint density at radius 1 is 1.04 bits per heavy atom. The Hall–Kier alpha value is -1.63. The fourth-order valence-corrected chi connectivity index (χ4v) is 3.16. The molecule has 6 heteroatoms. The molecular formula is C20H23BBrNO3. The molecule has 2 aromatic carbocycles. The predicted molar refractivity (Wildman–Crippen MR) is 107 cm³/mol. The van der Waals surface area contributed by atoms with Gasteiger partial charge in [0.15, 0.2) is 0 Å². The van der Waals surface area contributed by atoms with Gasteiger partial charge in [0.1, 0.15) is 0 Å². The number of carbonyl (C=O) groups is 1. The van der Waals surface area contributed by atoms with Crippen molar-refractivity contribution in [2.75, 3.05) is 0 Å². The summed E-state index contributed by atoms with van der Waals surface area (Å²) in [5.74, 6) is -0.147. The second-order valence-corrected chi connectivity index (χ2v) is 8.40. The summed E-state index contributed by atoms with van der Waals surface area (Å²) in [4.78, 5) is 12.8. The lowest BCUT2D eigenvalue weighted by Crippen LogP contribution is -2.41. The van der Waals surface area contributed by atoms with Crippen LogP contribution in [-0.4, -0.2) is 24.2 Å². The molecule has 1 aliphatic rings. The van der Waals surface area contributed by atoms with Gasteiger partial charge in [0, 0.05) is 16.6 Å². The second kappa shape index (κ2) is 7.18. The maximum Gasteiger partial charge on any atom is 0.495 e. The topological polar surface area (TPSA) is 47.6 Å². The molecule has 1 N–H and O–H groups in total. The van der Waals surface area contributed by atoms with Crippen LogP contribution in [0.4, 0.5) is 0 Å². The average Bonchev–Trinajstić information content (AvgIpc) is 2.81. The Kier molecular flexibility index (Phi) is 5.29. The lowest BCUT2D eigenvalue weighted by atomic mass is 9.75. The van der Waals surface area contributed by atoms with E-state index in [0.29, 0.717) is 12.1 Å². The summed E-state index contributed by atoms with van der Waals surface area (Å²) < 4.78 is 13.1. The molecule has 1 aliphatic heterocycles. The molecule has 1 fully saturated rings. The van der Waals surface area contributed by atoms with E-state index in [0.717, 1.165) is 15.5 Å². The van der Waals surface area contributed by atoms with E-state index < -0.39 is 18.3 Å². The van der Waals surface area contributed by atoms with E-state index >= 15 is 0 Å². The van der Waals surface area contributed by atoms with E-state index in [2.05, 4.69) is 21.2 Å². The summed E-state index contributed by atoms with van der Waals surface area (Å²) in [6, 6.07) is 15.4. The highest BCUT2D eigenvalue weighted by Gasteiger charge is 2.52. The van der Waals surface area contributed by atoms with Gasteiger partial charge in [-0.05, 0) is 56.9 Å². The quantitative estimate of drug-likeness (QED) is 0.774. The van der Waals surface area contributed by atoms with E-state index in [1.165, 1.54) is 0 Å². The zero-order chi connectivity index (χ0) is 18.9. The van der Waals surface area contributed by atoms with Crippen molar-refractivity contribution in [3.63, 3.8) is 0 Å². The van der Waals surface area contributed by atoms with Crippen LogP contribution < -0.4 is 10.8 Å². The zero-order valence-corrected chi connectivity index (χ0v) is 17.1. The first-order valence-corrected chi connectivity index (χ1v) is 9.46. The van der Waals surface area contributed by atoms with Crippen LogP contribution in [0.1, 0.15) is 43.6 Å². The van der Waals surface area contributed by atoms with Crippen LogP contribution in [0.5, 0.6) is 0 Å². The van der Waals surface area contributed by atoms with Crippen molar-refractivity contribution in [2.45, 2.75) is 45.4 Å². The fourth-order valence-electron chi connectivity index (χ4n) is 2.78. The normalized spacial score (nSPS) is 18.0. The molecule has 1 saturated heterocycles. The van der Waals surface area contributed by atoms with Crippen molar-refractivity contribution in [1.29, 1.82) is 0 Å². The van der Waals surface area contributed by atoms with Gasteiger partial charge < -0.3 is 14.6 Å². The Morgan fingerprint density at radius 2 is 1.65 bits per heavy atom. The number of halogens is 1. The first-order valence-electron chi connectivity index (χ1n) is 8.67. The SMILES string of the molecule is CC1(C)OB(c2cc(Br)ccc2C(=O)NCc2ccccc2)OC1(C)C. The van der Waals surface area contributed by atoms with Crippen LogP contribution in [0.2, 0.25) is 0 Å². The van der Waals surface area contributed by atoms with Crippen LogP contribution in [0.15, 0.2) is 53.0 Å². The Labute approximate surface area is 163 Å². The lowest BCUT2D eigenvalue weighted by Gasteiger charge is -2.32. The van der Waals surface area contributed by atoms with E-state index in [1.807, 2.05) is 70.2 Å². The molecule has 0 spiro atoms. The van der Waals surface area contributed by atoms with Crippen LogP contribution in [0, 0.1) is 0 Å². The van der Waals surface area contributed by atoms with Crippen LogP contribution in [0.3, 0.4) is 0 Å².